The molecule has 1 aliphatic rings. The summed E-state index contributed by atoms with van der Waals surface area (Å²) in [4.78, 5) is 4.59. The van der Waals surface area contributed by atoms with Crippen LogP contribution < -0.4 is 10.1 Å². The van der Waals surface area contributed by atoms with Crippen molar-refractivity contribution in [3.63, 3.8) is 0 Å². The molecule has 0 aliphatic heterocycles. The van der Waals surface area contributed by atoms with Crippen molar-refractivity contribution in [1.82, 2.24) is 15.5 Å². The summed E-state index contributed by atoms with van der Waals surface area (Å²) in [7, 11) is 0. The molecule has 1 unspecified atom stereocenters. The van der Waals surface area contributed by atoms with Gasteiger partial charge in [-0.1, -0.05) is 23.4 Å². The van der Waals surface area contributed by atoms with Gasteiger partial charge in [-0.05, 0) is 62.9 Å². The van der Waals surface area contributed by atoms with Gasteiger partial charge < -0.3 is 14.6 Å². The van der Waals surface area contributed by atoms with E-state index in [2.05, 4.69) is 27.6 Å². The third-order valence-corrected chi connectivity index (χ3v) is 5.29. The number of aromatic nitrogens is 2. The van der Waals surface area contributed by atoms with Crippen molar-refractivity contribution >= 4 is 0 Å². The van der Waals surface area contributed by atoms with E-state index in [-0.39, 0.29) is 12.1 Å². The Balaban J connectivity index is 1.61. The quantitative estimate of drug-likeness (QED) is 0.579. The number of alkyl halides is 1. The molecule has 160 valence electrons. The molecule has 4 rings (SSSR count). The fourth-order valence-corrected chi connectivity index (χ4v) is 3.94. The number of fused-ring (bicyclic) bond motifs is 1. The molecule has 31 heavy (non-hydrogen) atoms. The first kappa shape index (κ1) is 21.0. The van der Waals surface area contributed by atoms with Gasteiger partial charge in [0.1, 0.15) is 18.0 Å². The van der Waals surface area contributed by atoms with Gasteiger partial charge in [0.05, 0.1) is 11.7 Å². The summed E-state index contributed by atoms with van der Waals surface area (Å²) in [5.41, 5.74) is 4.33. The Kier molecular flexibility index (Phi) is 6.01. The van der Waals surface area contributed by atoms with Gasteiger partial charge in [0.25, 0.3) is 5.89 Å². The van der Waals surface area contributed by atoms with Crippen molar-refractivity contribution in [1.29, 1.82) is 5.26 Å². The van der Waals surface area contributed by atoms with Gasteiger partial charge >= 0.3 is 0 Å². The van der Waals surface area contributed by atoms with Gasteiger partial charge in [0.2, 0.25) is 5.82 Å². The molecule has 0 saturated carbocycles. The predicted molar refractivity (Wildman–Crippen MR) is 115 cm³/mol. The number of nitriles is 1. The van der Waals surface area contributed by atoms with Crippen molar-refractivity contribution in [3.8, 4) is 34.7 Å². The number of halogens is 1. The van der Waals surface area contributed by atoms with Crippen LogP contribution in [0.2, 0.25) is 0 Å². The average molecular weight is 420 g/mol. The van der Waals surface area contributed by atoms with Crippen LogP contribution in [0, 0.1) is 11.3 Å². The third-order valence-electron chi connectivity index (χ3n) is 5.29. The summed E-state index contributed by atoms with van der Waals surface area (Å²) in [6.45, 7) is 5.71. The summed E-state index contributed by atoms with van der Waals surface area (Å²) in [5.74, 6) is 1.38. The SMILES string of the molecule is CC(F)CN[C@H]1CCc2c(-c3noc(-c4ccc(OC(C)C)c(C#N)c4)n3)cccc21. The molecule has 1 heterocycles. The maximum Gasteiger partial charge on any atom is 0.258 e. The molecule has 2 atom stereocenters. The van der Waals surface area contributed by atoms with E-state index in [0.29, 0.717) is 35.1 Å². The van der Waals surface area contributed by atoms with Crippen molar-refractivity contribution in [2.75, 3.05) is 6.54 Å². The second kappa shape index (κ2) is 8.86. The number of benzene rings is 2. The van der Waals surface area contributed by atoms with Crippen molar-refractivity contribution in [2.45, 2.75) is 51.9 Å². The smallest absolute Gasteiger partial charge is 0.258 e. The van der Waals surface area contributed by atoms with Crippen LogP contribution in [0.5, 0.6) is 5.75 Å². The number of hydrogen-bond donors (Lipinski definition) is 1. The summed E-state index contributed by atoms with van der Waals surface area (Å²) in [5, 5.41) is 17.0. The van der Waals surface area contributed by atoms with E-state index in [1.165, 1.54) is 0 Å². The lowest BCUT2D eigenvalue weighted by molar-refractivity contribution is 0.241. The molecule has 2 aromatic carbocycles. The third kappa shape index (κ3) is 4.44. The standard InChI is InChI=1S/C24H25FN4O2/c1-14(2)30-22-10-7-16(11-17(22)12-26)24-28-23(29-31-24)20-6-4-5-19-18(20)8-9-21(19)27-13-15(3)25/h4-7,10-11,14-15,21,27H,8-9,13H2,1-3H3/t15?,21-/m0/s1. The predicted octanol–water partition coefficient (Wildman–Crippen LogP) is 5.00. The van der Waals surface area contributed by atoms with Crippen LogP contribution in [-0.2, 0) is 6.42 Å². The highest BCUT2D eigenvalue weighted by Crippen LogP contribution is 2.37. The van der Waals surface area contributed by atoms with Crippen molar-refractivity contribution < 1.29 is 13.7 Å². The molecular formula is C24H25FN4O2. The normalized spacial score (nSPS) is 16.2. The Labute approximate surface area is 181 Å². The molecule has 0 spiro atoms. The zero-order valence-corrected chi connectivity index (χ0v) is 17.9. The highest BCUT2D eigenvalue weighted by Gasteiger charge is 2.26. The Morgan fingerprint density at radius 1 is 1.29 bits per heavy atom. The molecule has 1 aromatic heterocycles. The maximum atomic E-state index is 13.3. The molecule has 0 fully saturated rings. The molecule has 6 nitrogen and oxygen atoms in total. The number of nitrogens with one attached hydrogen (secondary N) is 1. The first-order valence-corrected chi connectivity index (χ1v) is 10.5. The minimum atomic E-state index is -0.886. The van der Waals surface area contributed by atoms with Gasteiger partial charge in [0, 0.05) is 23.7 Å². The van der Waals surface area contributed by atoms with E-state index < -0.39 is 6.17 Å². The lowest BCUT2D eigenvalue weighted by atomic mass is 10.0. The number of hydrogen-bond acceptors (Lipinski definition) is 6. The molecule has 3 aromatic rings. The lowest BCUT2D eigenvalue weighted by Crippen LogP contribution is -2.25. The maximum absolute atomic E-state index is 13.3. The van der Waals surface area contributed by atoms with Crippen LogP contribution in [0.3, 0.4) is 0 Å². The molecule has 7 heteroatoms. The van der Waals surface area contributed by atoms with E-state index in [9.17, 15) is 9.65 Å². The number of nitrogens with zero attached hydrogens (tertiary/aromatic N) is 3. The Morgan fingerprint density at radius 2 is 2.13 bits per heavy atom. The number of ether oxygens (including phenoxy) is 1. The molecule has 1 N–H and O–H groups in total. The van der Waals surface area contributed by atoms with Gasteiger partial charge in [-0.25, -0.2) is 4.39 Å². The molecule has 0 amide bonds. The Hall–Kier alpha value is -3.24. The second-order valence-corrected chi connectivity index (χ2v) is 8.07. The highest BCUT2D eigenvalue weighted by atomic mass is 19.1. The topological polar surface area (TPSA) is 84.0 Å². The molecular weight excluding hydrogens is 395 g/mol. The fraction of sp³-hybridized carbons (Fsp3) is 0.375. The van der Waals surface area contributed by atoms with E-state index in [1.807, 2.05) is 32.0 Å². The van der Waals surface area contributed by atoms with Gasteiger partial charge in [-0.15, -0.1) is 0 Å². The summed E-state index contributed by atoms with van der Waals surface area (Å²) >= 11 is 0. The summed E-state index contributed by atoms with van der Waals surface area (Å²) in [6, 6.07) is 13.6. The van der Waals surface area contributed by atoms with Gasteiger partial charge in [0.15, 0.2) is 0 Å². The van der Waals surface area contributed by atoms with Crippen molar-refractivity contribution in [2.24, 2.45) is 0 Å². The molecule has 0 radical (unpaired) electrons. The Morgan fingerprint density at radius 3 is 2.87 bits per heavy atom. The van der Waals surface area contributed by atoms with Crippen LogP contribution in [-0.4, -0.2) is 29.0 Å². The fourth-order valence-electron chi connectivity index (χ4n) is 3.94. The van der Waals surface area contributed by atoms with Crippen molar-refractivity contribution in [3.05, 3.63) is 53.1 Å². The lowest BCUT2D eigenvalue weighted by Gasteiger charge is -2.15. The van der Waals surface area contributed by atoms with Gasteiger partial charge in [-0.3, -0.25) is 0 Å². The molecule has 1 aliphatic carbocycles. The first-order valence-electron chi connectivity index (χ1n) is 10.5. The summed E-state index contributed by atoms with van der Waals surface area (Å²) in [6.07, 6.45) is 0.863. The highest BCUT2D eigenvalue weighted by molar-refractivity contribution is 5.67. The molecule has 0 bridgehead atoms. The van der Waals surface area contributed by atoms with E-state index in [1.54, 1.807) is 19.1 Å². The minimum absolute atomic E-state index is 0.0282. The average Bonchev–Trinajstić information content (AvgIpc) is 3.39. The van der Waals surface area contributed by atoms with Crippen LogP contribution in [0.4, 0.5) is 4.39 Å². The van der Waals surface area contributed by atoms with E-state index >= 15 is 0 Å². The van der Waals surface area contributed by atoms with Gasteiger partial charge in [-0.2, -0.15) is 10.2 Å². The van der Waals surface area contributed by atoms with Crippen LogP contribution in [0.1, 0.15) is 49.9 Å². The Bertz CT molecular complexity index is 1120. The summed E-state index contributed by atoms with van der Waals surface area (Å²) < 4.78 is 24.4. The largest absolute Gasteiger partial charge is 0.490 e. The monoisotopic (exact) mass is 420 g/mol. The second-order valence-electron chi connectivity index (χ2n) is 8.07. The molecule has 0 saturated heterocycles. The minimum Gasteiger partial charge on any atom is -0.490 e. The van der Waals surface area contributed by atoms with Crippen LogP contribution in [0.25, 0.3) is 22.8 Å². The zero-order chi connectivity index (χ0) is 22.0. The van der Waals surface area contributed by atoms with Crippen LogP contribution in [0.15, 0.2) is 40.9 Å². The van der Waals surface area contributed by atoms with Crippen LogP contribution >= 0.6 is 0 Å². The number of rotatable bonds is 7. The first-order chi connectivity index (χ1) is 15.0. The van der Waals surface area contributed by atoms with E-state index in [4.69, 9.17) is 9.26 Å². The zero-order valence-electron chi connectivity index (χ0n) is 17.9. The van der Waals surface area contributed by atoms with E-state index in [0.717, 1.165) is 29.5 Å².